The van der Waals surface area contributed by atoms with Crippen LogP contribution in [0.3, 0.4) is 0 Å². The smallest absolute Gasteiger partial charge is 0.199 e. The molecule has 18 heavy (non-hydrogen) atoms. The Labute approximate surface area is 106 Å². The van der Waals surface area contributed by atoms with E-state index in [4.69, 9.17) is 14.4 Å². The van der Waals surface area contributed by atoms with E-state index in [1.54, 1.807) is 7.11 Å². The molecule has 92 valence electrons. The van der Waals surface area contributed by atoms with Gasteiger partial charge >= 0.3 is 0 Å². The molecule has 0 spiro atoms. The molecule has 0 aliphatic carbocycles. The molecule has 0 fully saturated rings. The summed E-state index contributed by atoms with van der Waals surface area (Å²) in [5.74, 6) is 2.19. The lowest BCUT2D eigenvalue weighted by atomic mass is 10.1. The number of nitrogens with zero attached hydrogens (tertiary/aromatic N) is 2. The van der Waals surface area contributed by atoms with Crippen molar-refractivity contribution in [3.63, 3.8) is 0 Å². The molecule has 0 saturated carbocycles. The Balaban J connectivity index is 2.13. The summed E-state index contributed by atoms with van der Waals surface area (Å²) in [6.45, 7) is 1.83. The van der Waals surface area contributed by atoms with Crippen molar-refractivity contribution in [3.8, 4) is 11.8 Å². The van der Waals surface area contributed by atoms with E-state index in [1.807, 2.05) is 31.2 Å². The van der Waals surface area contributed by atoms with Gasteiger partial charge in [0, 0.05) is 6.42 Å². The number of benzene rings is 1. The van der Waals surface area contributed by atoms with Crippen molar-refractivity contribution in [2.24, 2.45) is 0 Å². The van der Waals surface area contributed by atoms with Crippen molar-refractivity contribution < 1.29 is 9.15 Å². The van der Waals surface area contributed by atoms with Crippen LogP contribution in [0.15, 0.2) is 28.7 Å². The fraction of sp³-hybridized carbons (Fsp3) is 0.286. The van der Waals surface area contributed by atoms with Crippen LogP contribution in [0.2, 0.25) is 0 Å². The molecule has 0 amide bonds. The number of methoxy groups -OCH3 is 1. The van der Waals surface area contributed by atoms with Crippen LogP contribution in [-0.4, -0.2) is 12.1 Å². The lowest BCUT2D eigenvalue weighted by Gasteiger charge is -2.00. The molecule has 0 saturated heterocycles. The normalized spacial score (nSPS) is 10.1. The van der Waals surface area contributed by atoms with Gasteiger partial charge in [-0.15, -0.1) is 0 Å². The molecular weight excluding hydrogens is 228 g/mol. The third-order valence-corrected chi connectivity index (χ3v) is 2.70. The Bertz CT molecular complexity index is 564. The minimum Gasteiger partial charge on any atom is -0.497 e. The van der Waals surface area contributed by atoms with Crippen molar-refractivity contribution in [2.45, 2.75) is 19.8 Å². The van der Waals surface area contributed by atoms with Gasteiger partial charge < -0.3 is 9.15 Å². The number of aromatic nitrogens is 1. The van der Waals surface area contributed by atoms with Gasteiger partial charge in [-0.1, -0.05) is 12.1 Å². The predicted octanol–water partition coefficient (Wildman–Crippen LogP) is 2.65. The molecule has 0 bridgehead atoms. The Morgan fingerprint density at radius 1 is 1.33 bits per heavy atom. The summed E-state index contributed by atoms with van der Waals surface area (Å²) in [6.07, 6.45) is 0.911. The molecule has 1 aromatic heterocycles. The van der Waals surface area contributed by atoms with E-state index in [0.717, 1.165) is 22.8 Å². The Hall–Kier alpha value is -2.28. The van der Waals surface area contributed by atoms with E-state index in [-0.39, 0.29) is 6.42 Å². The van der Waals surface area contributed by atoms with Crippen molar-refractivity contribution in [2.75, 3.05) is 7.11 Å². The lowest BCUT2D eigenvalue weighted by molar-refractivity contribution is 0.414. The average molecular weight is 242 g/mol. The quantitative estimate of drug-likeness (QED) is 0.827. The molecule has 1 aromatic carbocycles. The number of hydrogen-bond acceptors (Lipinski definition) is 4. The maximum atomic E-state index is 8.66. The predicted molar refractivity (Wildman–Crippen MR) is 66.4 cm³/mol. The van der Waals surface area contributed by atoms with Gasteiger partial charge in [0.1, 0.15) is 11.5 Å². The first-order valence-electron chi connectivity index (χ1n) is 5.68. The average Bonchev–Trinajstić information content (AvgIpc) is 2.71. The Morgan fingerprint density at radius 2 is 2.06 bits per heavy atom. The topological polar surface area (TPSA) is 59.0 Å². The highest BCUT2D eigenvalue weighted by Gasteiger charge is 2.09. The Kier molecular flexibility index (Phi) is 3.63. The molecule has 0 aliphatic heterocycles. The molecule has 4 heteroatoms. The van der Waals surface area contributed by atoms with Crippen LogP contribution in [0.25, 0.3) is 0 Å². The highest BCUT2D eigenvalue weighted by Crippen LogP contribution is 2.17. The summed E-state index contributed by atoms with van der Waals surface area (Å²) in [7, 11) is 1.64. The van der Waals surface area contributed by atoms with E-state index in [0.29, 0.717) is 12.3 Å². The second-order valence-electron chi connectivity index (χ2n) is 3.97. The number of aryl methyl sites for hydroxylation is 1. The highest BCUT2D eigenvalue weighted by molar-refractivity contribution is 5.29. The van der Waals surface area contributed by atoms with Crippen molar-refractivity contribution in [3.05, 3.63) is 47.2 Å². The molecule has 2 rings (SSSR count). The minimum atomic E-state index is 0.290. The molecule has 0 unspecified atom stereocenters. The lowest BCUT2D eigenvalue weighted by Crippen LogP contribution is -1.90. The zero-order valence-corrected chi connectivity index (χ0v) is 10.4. The van der Waals surface area contributed by atoms with Crippen LogP contribution in [0.4, 0.5) is 0 Å². The van der Waals surface area contributed by atoms with E-state index >= 15 is 0 Å². The molecule has 1 heterocycles. The van der Waals surface area contributed by atoms with Crippen molar-refractivity contribution in [1.82, 2.24) is 4.98 Å². The summed E-state index contributed by atoms with van der Waals surface area (Å²) in [5, 5.41) is 8.66. The second kappa shape index (κ2) is 5.37. The number of ether oxygens (including phenoxy) is 1. The maximum absolute atomic E-state index is 8.66. The van der Waals surface area contributed by atoms with Crippen molar-refractivity contribution >= 4 is 0 Å². The summed E-state index contributed by atoms with van der Waals surface area (Å²) in [4.78, 5) is 4.32. The van der Waals surface area contributed by atoms with Crippen LogP contribution < -0.4 is 4.74 Å². The first kappa shape index (κ1) is 12.2. The van der Waals surface area contributed by atoms with Crippen LogP contribution >= 0.6 is 0 Å². The van der Waals surface area contributed by atoms with Gasteiger partial charge in [-0.3, -0.25) is 0 Å². The Morgan fingerprint density at radius 3 is 2.67 bits per heavy atom. The van der Waals surface area contributed by atoms with Crippen LogP contribution in [0.1, 0.15) is 22.9 Å². The van der Waals surface area contributed by atoms with E-state index in [1.165, 1.54) is 0 Å². The molecule has 4 nitrogen and oxygen atoms in total. The molecular formula is C14H14N2O2. The van der Waals surface area contributed by atoms with Gasteiger partial charge in [0.05, 0.1) is 25.3 Å². The zero-order valence-electron chi connectivity index (χ0n) is 10.4. The molecule has 0 atom stereocenters. The summed E-state index contributed by atoms with van der Waals surface area (Å²) < 4.78 is 10.6. The number of oxazole rings is 1. The van der Waals surface area contributed by atoms with Crippen LogP contribution in [-0.2, 0) is 12.8 Å². The molecule has 0 N–H and O–H groups in total. The van der Waals surface area contributed by atoms with Gasteiger partial charge in [0.25, 0.3) is 0 Å². The van der Waals surface area contributed by atoms with E-state index in [9.17, 15) is 0 Å². The largest absolute Gasteiger partial charge is 0.497 e. The van der Waals surface area contributed by atoms with Crippen LogP contribution in [0, 0.1) is 18.3 Å². The van der Waals surface area contributed by atoms with E-state index in [2.05, 4.69) is 11.1 Å². The number of rotatable bonds is 4. The SMILES string of the molecule is COc1ccc(Cc2nc(CC#N)c(C)o2)cc1. The second-order valence-corrected chi connectivity index (χ2v) is 3.97. The third kappa shape index (κ3) is 2.69. The van der Waals surface area contributed by atoms with Crippen LogP contribution in [0.5, 0.6) is 5.75 Å². The van der Waals surface area contributed by atoms with E-state index < -0.39 is 0 Å². The molecule has 0 radical (unpaired) electrons. The zero-order chi connectivity index (χ0) is 13.0. The fourth-order valence-electron chi connectivity index (χ4n) is 1.72. The summed E-state index contributed by atoms with van der Waals surface area (Å²) in [5.41, 5.74) is 1.82. The first-order chi connectivity index (χ1) is 8.72. The van der Waals surface area contributed by atoms with Crippen molar-refractivity contribution in [1.29, 1.82) is 5.26 Å². The molecule has 2 aromatic rings. The summed E-state index contributed by atoms with van der Waals surface area (Å²) in [6, 6.07) is 9.84. The number of hydrogen-bond donors (Lipinski definition) is 0. The molecule has 0 aliphatic rings. The standard InChI is InChI=1S/C14H14N2O2/c1-10-13(7-8-15)16-14(18-10)9-11-3-5-12(17-2)6-4-11/h3-6H,7,9H2,1-2H3. The van der Waals surface area contributed by atoms with Gasteiger partial charge in [0.15, 0.2) is 5.89 Å². The van der Waals surface area contributed by atoms with Gasteiger partial charge in [0.2, 0.25) is 0 Å². The minimum absolute atomic E-state index is 0.290. The maximum Gasteiger partial charge on any atom is 0.199 e. The number of nitriles is 1. The third-order valence-electron chi connectivity index (χ3n) is 2.70. The summed E-state index contributed by atoms with van der Waals surface area (Å²) >= 11 is 0. The monoisotopic (exact) mass is 242 g/mol. The fourth-order valence-corrected chi connectivity index (χ4v) is 1.72. The first-order valence-corrected chi connectivity index (χ1v) is 5.68. The highest BCUT2D eigenvalue weighted by atomic mass is 16.5. The van der Waals surface area contributed by atoms with Gasteiger partial charge in [-0.2, -0.15) is 5.26 Å². The van der Waals surface area contributed by atoms with Gasteiger partial charge in [-0.05, 0) is 24.6 Å². The van der Waals surface area contributed by atoms with Gasteiger partial charge in [-0.25, -0.2) is 4.98 Å².